The van der Waals surface area contributed by atoms with Gasteiger partial charge in [0.15, 0.2) is 17.7 Å². The van der Waals surface area contributed by atoms with Crippen LogP contribution < -0.4 is 5.73 Å². The summed E-state index contributed by atoms with van der Waals surface area (Å²) in [5.74, 6) is -2.88. The number of urea groups is 1. The van der Waals surface area contributed by atoms with Crippen molar-refractivity contribution in [2.24, 2.45) is 5.73 Å². The molecule has 27 heavy (non-hydrogen) atoms. The summed E-state index contributed by atoms with van der Waals surface area (Å²) in [5.41, 5.74) is 6.31. The molecule has 0 radical (unpaired) electrons. The van der Waals surface area contributed by atoms with Gasteiger partial charge in [-0.3, -0.25) is 14.7 Å². The van der Waals surface area contributed by atoms with Crippen molar-refractivity contribution >= 4 is 23.5 Å². The molecule has 0 spiro atoms. The van der Waals surface area contributed by atoms with Gasteiger partial charge in [0.05, 0.1) is 10.7 Å². The maximum atomic E-state index is 13.9. The number of halogens is 3. The van der Waals surface area contributed by atoms with Crippen molar-refractivity contribution in [3.63, 3.8) is 0 Å². The number of quaternary nitrogens is 1. The number of carbonyl (C=O) groups is 2. The van der Waals surface area contributed by atoms with E-state index in [0.717, 1.165) is 6.07 Å². The van der Waals surface area contributed by atoms with Gasteiger partial charge in [-0.1, -0.05) is 17.7 Å². The minimum Gasteiger partial charge on any atom is -0.368 e. The van der Waals surface area contributed by atoms with E-state index in [9.17, 15) is 18.4 Å². The Bertz CT molecular complexity index is 896. The number of aromatic nitrogens is 1. The number of pyridine rings is 1. The van der Waals surface area contributed by atoms with Gasteiger partial charge in [-0.15, -0.1) is 0 Å². The molecule has 1 aromatic heterocycles. The molecule has 1 saturated heterocycles. The molecule has 3 amide bonds. The van der Waals surface area contributed by atoms with E-state index in [4.69, 9.17) is 17.3 Å². The lowest BCUT2D eigenvalue weighted by atomic mass is 10.1. The molecule has 2 atom stereocenters. The van der Waals surface area contributed by atoms with E-state index in [2.05, 4.69) is 4.98 Å². The Kier molecular flexibility index (Phi) is 5.12. The van der Waals surface area contributed by atoms with E-state index >= 15 is 0 Å². The molecular formula is C18H18ClF2N4O2+. The van der Waals surface area contributed by atoms with Gasteiger partial charge in [0, 0.05) is 18.8 Å². The number of hydrogen-bond donors (Lipinski definition) is 1. The highest BCUT2D eigenvalue weighted by Crippen LogP contribution is 2.32. The molecule has 1 fully saturated rings. The van der Waals surface area contributed by atoms with Crippen LogP contribution in [0.2, 0.25) is 5.02 Å². The summed E-state index contributed by atoms with van der Waals surface area (Å²) in [6.45, 7) is 0.208. The summed E-state index contributed by atoms with van der Waals surface area (Å²) < 4.78 is 27.1. The number of nitrogens with zero attached hydrogens (tertiary/aromatic N) is 3. The second-order valence-electron chi connectivity index (χ2n) is 6.61. The molecule has 3 rings (SSSR count). The number of rotatable bonds is 5. The summed E-state index contributed by atoms with van der Waals surface area (Å²) in [6.07, 6.45) is 1.59. The van der Waals surface area contributed by atoms with Crippen LogP contribution in [0, 0.1) is 11.6 Å². The van der Waals surface area contributed by atoms with Crippen LogP contribution in [-0.4, -0.2) is 45.9 Å². The molecule has 0 saturated carbocycles. The molecule has 1 aliphatic rings. The number of nitrogens with two attached hydrogens (primary N) is 1. The first-order chi connectivity index (χ1) is 12.7. The van der Waals surface area contributed by atoms with Gasteiger partial charge in [0.1, 0.15) is 19.6 Å². The maximum absolute atomic E-state index is 13.9. The van der Waals surface area contributed by atoms with Crippen LogP contribution in [0.5, 0.6) is 0 Å². The van der Waals surface area contributed by atoms with Crippen molar-refractivity contribution in [3.05, 3.63) is 64.4 Å². The smallest absolute Gasteiger partial charge is 0.368 e. The monoisotopic (exact) mass is 395 g/mol. The number of likely N-dealkylation sites (N-methyl/N-ethyl adjacent to an activating group) is 1. The molecule has 2 aromatic rings. The van der Waals surface area contributed by atoms with Crippen LogP contribution in [0.1, 0.15) is 11.3 Å². The normalized spacial score (nSPS) is 22.3. The molecule has 2 unspecified atom stereocenters. The first-order valence-corrected chi connectivity index (χ1v) is 8.58. The van der Waals surface area contributed by atoms with Crippen molar-refractivity contribution in [3.8, 4) is 0 Å². The number of hydrogen-bond acceptors (Lipinski definition) is 3. The Labute approximate surface area is 159 Å². The van der Waals surface area contributed by atoms with Gasteiger partial charge >= 0.3 is 6.03 Å². The van der Waals surface area contributed by atoms with Gasteiger partial charge in [0.2, 0.25) is 5.91 Å². The highest BCUT2D eigenvalue weighted by atomic mass is 35.5. The zero-order valence-corrected chi connectivity index (χ0v) is 15.3. The Hall–Kier alpha value is -2.58. The molecule has 9 heteroatoms. The lowest BCUT2D eigenvalue weighted by Crippen LogP contribution is -2.49. The minimum absolute atomic E-state index is 0.0282. The van der Waals surface area contributed by atoms with E-state index in [0.29, 0.717) is 5.69 Å². The Morgan fingerprint density at radius 1 is 1.33 bits per heavy atom. The highest BCUT2D eigenvalue weighted by molar-refractivity contribution is 6.31. The van der Waals surface area contributed by atoms with E-state index in [1.807, 2.05) is 0 Å². The molecule has 2 heterocycles. The first kappa shape index (κ1) is 19.2. The quantitative estimate of drug-likeness (QED) is 0.624. The molecule has 142 valence electrons. The highest BCUT2D eigenvalue weighted by Gasteiger charge is 2.53. The van der Waals surface area contributed by atoms with Crippen LogP contribution >= 0.6 is 11.6 Å². The van der Waals surface area contributed by atoms with Crippen LogP contribution in [-0.2, 0) is 17.9 Å². The molecule has 0 bridgehead atoms. The van der Waals surface area contributed by atoms with Crippen molar-refractivity contribution < 1.29 is 22.9 Å². The molecule has 2 N–H and O–H groups in total. The summed E-state index contributed by atoms with van der Waals surface area (Å²) in [5, 5.41) is -0.383. The third-order valence-corrected chi connectivity index (χ3v) is 5.21. The van der Waals surface area contributed by atoms with E-state index in [-0.39, 0.29) is 40.7 Å². The van der Waals surface area contributed by atoms with E-state index in [1.54, 1.807) is 24.4 Å². The number of amides is 3. The summed E-state index contributed by atoms with van der Waals surface area (Å²) in [4.78, 5) is 30.4. The van der Waals surface area contributed by atoms with Crippen molar-refractivity contribution in [1.82, 2.24) is 9.88 Å². The molecule has 0 aliphatic carbocycles. The average molecular weight is 396 g/mol. The van der Waals surface area contributed by atoms with Crippen LogP contribution in [0.4, 0.5) is 13.6 Å². The fourth-order valence-corrected chi connectivity index (χ4v) is 3.63. The maximum Gasteiger partial charge on any atom is 0.420 e. The fraction of sp³-hybridized carbons (Fsp3) is 0.278. The van der Waals surface area contributed by atoms with Gasteiger partial charge in [-0.25, -0.2) is 18.1 Å². The van der Waals surface area contributed by atoms with Gasteiger partial charge in [-0.05, 0) is 24.3 Å². The third kappa shape index (κ3) is 3.50. The lowest BCUT2D eigenvalue weighted by molar-refractivity contribution is -0.869. The van der Waals surface area contributed by atoms with Crippen molar-refractivity contribution in [2.75, 3.05) is 13.6 Å². The lowest BCUT2D eigenvalue weighted by Gasteiger charge is -2.30. The third-order valence-electron chi connectivity index (χ3n) is 4.80. The number of primary amides is 1. The Balaban J connectivity index is 2.05. The second kappa shape index (κ2) is 7.21. The predicted molar refractivity (Wildman–Crippen MR) is 94.3 cm³/mol. The Morgan fingerprint density at radius 3 is 2.67 bits per heavy atom. The second-order valence-corrected chi connectivity index (χ2v) is 6.99. The molecular weight excluding hydrogens is 378 g/mol. The van der Waals surface area contributed by atoms with Crippen LogP contribution in [0.3, 0.4) is 0 Å². The fourth-order valence-electron chi connectivity index (χ4n) is 3.42. The zero-order valence-electron chi connectivity index (χ0n) is 14.5. The largest absolute Gasteiger partial charge is 0.420 e. The van der Waals surface area contributed by atoms with Gasteiger partial charge < -0.3 is 5.73 Å². The summed E-state index contributed by atoms with van der Waals surface area (Å²) in [7, 11) is 1.49. The van der Waals surface area contributed by atoms with Crippen LogP contribution in [0.15, 0.2) is 36.5 Å². The summed E-state index contributed by atoms with van der Waals surface area (Å²) in [6, 6.07) is 6.38. The van der Waals surface area contributed by atoms with Crippen molar-refractivity contribution in [1.29, 1.82) is 0 Å². The average Bonchev–Trinajstić information content (AvgIpc) is 2.89. The zero-order chi connectivity index (χ0) is 19.8. The number of benzene rings is 1. The predicted octanol–water partition coefficient (Wildman–Crippen LogP) is 2.45. The van der Waals surface area contributed by atoms with E-state index in [1.165, 1.54) is 18.0 Å². The minimum atomic E-state index is -1.17. The number of carbonyl (C=O) groups excluding carboxylic acids is 2. The van der Waals surface area contributed by atoms with Crippen molar-refractivity contribution in [2.45, 2.75) is 19.1 Å². The first-order valence-electron chi connectivity index (χ1n) is 8.20. The van der Waals surface area contributed by atoms with Gasteiger partial charge in [0.25, 0.3) is 0 Å². The molecule has 1 aromatic carbocycles. The van der Waals surface area contributed by atoms with Crippen LogP contribution in [0.25, 0.3) is 0 Å². The molecule has 1 aliphatic heterocycles. The van der Waals surface area contributed by atoms with Gasteiger partial charge in [-0.2, -0.15) is 0 Å². The Morgan fingerprint density at radius 2 is 2.07 bits per heavy atom. The standard InChI is InChI=1S/C18H17ClF2N4O2/c1-24-14(17(22)26)10-25(18(24)27,9-12-4-2-3-7-23-12)8-11-5-6-13(20)16(21)15(11)19/h2-7,14H,8-10H2,1H3,(H-,22,26)/p+1. The topological polar surface area (TPSA) is 76.3 Å². The summed E-state index contributed by atoms with van der Waals surface area (Å²) >= 11 is 5.97. The SMILES string of the molecule is CN1C(=O)[N+](Cc2ccccn2)(Cc2ccc(F)c(F)c2Cl)CC1C(N)=O. The molecule has 6 nitrogen and oxygen atoms in total. The van der Waals surface area contributed by atoms with E-state index < -0.39 is 23.6 Å².